The van der Waals surface area contributed by atoms with Crippen LogP contribution in [0.1, 0.15) is 64.7 Å². The number of carboxylic acid groups (broad SMARTS) is 1. The van der Waals surface area contributed by atoms with Gasteiger partial charge >= 0.3 is 5.97 Å². The number of carbonyl (C=O) groups excluding carboxylic acids is 1. The molecule has 0 bridgehead atoms. The number of unbranched alkanes of at least 4 members (excludes halogenated alkanes) is 6. The molecule has 0 aromatic rings. The van der Waals surface area contributed by atoms with Gasteiger partial charge in [0.05, 0.1) is 0 Å². The molecule has 0 aliphatic heterocycles. The van der Waals surface area contributed by atoms with E-state index in [2.05, 4.69) is 6.92 Å². The fourth-order valence-corrected chi connectivity index (χ4v) is 1.80. The maximum atomic E-state index is 11.5. The topological polar surface area (TPSA) is 54.4 Å². The number of ketones is 1. The van der Waals surface area contributed by atoms with Gasteiger partial charge in [-0.1, -0.05) is 63.7 Å². The highest BCUT2D eigenvalue weighted by atomic mass is 16.4. The number of rotatable bonds is 12. The third kappa shape index (κ3) is 14.6. The van der Waals surface area contributed by atoms with Crippen molar-refractivity contribution < 1.29 is 14.7 Å². The minimum absolute atomic E-state index is 0.230. The van der Waals surface area contributed by atoms with Crippen LogP contribution in [0.2, 0.25) is 0 Å². The summed E-state index contributed by atoms with van der Waals surface area (Å²) in [5.74, 6) is -0.743. The first-order chi connectivity index (χ1) is 9.16. The molecular weight excluding hydrogens is 240 g/mol. The molecular formula is C16H26O3. The number of carbonyl (C=O) groups is 2. The van der Waals surface area contributed by atoms with Crippen LogP contribution in [0.4, 0.5) is 0 Å². The standard InChI is InChI=1S/C16H26O3/c1-2-3-4-5-6-7-9-12-15(17)13-10-8-11-14-16(18)19/h8,10-11,14H,2-7,9,12-13H2,1H3,(H,18,19). The average molecular weight is 266 g/mol. The van der Waals surface area contributed by atoms with Gasteiger partial charge in [-0.2, -0.15) is 0 Å². The summed E-state index contributed by atoms with van der Waals surface area (Å²) >= 11 is 0. The molecule has 0 fully saturated rings. The summed E-state index contributed by atoms with van der Waals surface area (Å²) in [6, 6.07) is 0. The van der Waals surface area contributed by atoms with Crippen LogP contribution in [0.5, 0.6) is 0 Å². The first-order valence-corrected chi connectivity index (χ1v) is 7.24. The van der Waals surface area contributed by atoms with E-state index in [1.807, 2.05) is 0 Å². The summed E-state index contributed by atoms with van der Waals surface area (Å²) in [5, 5.41) is 8.35. The van der Waals surface area contributed by atoms with Crippen molar-refractivity contribution in [3.05, 3.63) is 24.3 Å². The van der Waals surface area contributed by atoms with Crippen LogP contribution in [0, 0.1) is 0 Å². The van der Waals surface area contributed by atoms with Gasteiger partial charge < -0.3 is 5.11 Å². The molecule has 0 aliphatic carbocycles. The van der Waals surface area contributed by atoms with Crippen LogP contribution >= 0.6 is 0 Å². The van der Waals surface area contributed by atoms with Gasteiger partial charge in [-0.25, -0.2) is 4.79 Å². The molecule has 108 valence electrons. The second-order valence-electron chi connectivity index (χ2n) is 4.74. The summed E-state index contributed by atoms with van der Waals surface area (Å²) in [5.41, 5.74) is 0. The molecule has 3 heteroatoms. The van der Waals surface area contributed by atoms with Crippen molar-refractivity contribution >= 4 is 11.8 Å². The van der Waals surface area contributed by atoms with Gasteiger partial charge in [-0.05, 0) is 6.42 Å². The molecule has 0 rings (SSSR count). The Bertz CT molecular complexity index is 303. The lowest BCUT2D eigenvalue weighted by Gasteiger charge is -2.00. The lowest BCUT2D eigenvalue weighted by Crippen LogP contribution is -1.95. The largest absolute Gasteiger partial charge is 0.478 e. The van der Waals surface area contributed by atoms with E-state index in [1.54, 1.807) is 12.2 Å². The first-order valence-electron chi connectivity index (χ1n) is 7.24. The zero-order valence-electron chi connectivity index (χ0n) is 11.9. The molecule has 0 heterocycles. The van der Waals surface area contributed by atoms with E-state index >= 15 is 0 Å². The van der Waals surface area contributed by atoms with E-state index in [0.717, 1.165) is 18.9 Å². The quantitative estimate of drug-likeness (QED) is 0.326. The third-order valence-electron chi connectivity index (χ3n) is 2.89. The number of aliphatic carboxylic acids is 1. The number of hydrogen-bond acceptors (Lipinski definition) is 2. The van der Waals surface area contributed by atoms with Crippen molar-refractivity contribution in [1.29, 1.82) is 0 Å². The van der Waals surface area contributed by atoms with Crippen molar-refractivity contribution in [2.75, 3.05) is 0 Å². The molecule has 1 N–H and O–H groups in total. The third-order valence-corrected chi connectivity index (χ3v) is 2.89. The van der Waals surface area contributed by atoms with E-state index in [0.29, 0.717) is 12.8 Å². The zero-order valence-corrected chi connectivity index (χ0v) is 11.9. The molecule has 0 aromatic carbocycles. The summed E-state index contributed by atoms with van der Waals surface area (Å²) in [7, 11) is 0. The van der Waals surface area contributed by atoms with Gasteiger partial charge in [0.25, 0.3) is 0 Å². The Morgan fingerprint density at radius 2 is 1.58 bits per heavy atom. The molecule has 19 heavy (non-hydrogen) atoms. The number of Topliss-reactive ketones (excluding diaryl/α,β-unsaturated/α-hetero) is 1. The average Bonchev–Trinajstić information content (AvgIpc) is 2.37. The van der Waals surface area contributed by atoms with E-state index < -0.39 is 5.97 Å². The highest BCUT2D eigenvalue weighted by molar-refractivity contribution is 5.81. The molecule has 0 amide bonds. The minimum atomic E-state index is -0.973. The Hall–Kier alpha value is -1.38. The fraction of sp³-hybridized carbons (Fsp3) is 0.625. The highest BCUT2D eigenvalue weighted by Crippen LogP contribution is 2.09. The molecule has 0 saturated heterocycles. The van der Waals surface area contributed by atoms with Gasteiger partial charge in [0.1, 0.15) is 5.78 Å². The predicted octanol–water partition coefficient (Wildman–Crippen LogP) is 4.28. The number of allylic oxidation sites excluding steroid dienone is 3. The van der Waals surface area contributed by atoms with E-state index in [4.69, 9.17) is 5.11 Å². The summed E-state index contributed by atoms with van der Waals surface area (Å²) < 4.78 is 0. The van der Waals surface area contributed by atoms with Crippen molar-refractivity contribution in [2.24, 2.45) is 0 Å². The second-order valence-corrected chi connectivity index (χ2v) is 4.74. The zero-order chi connectivity index (χ0) is 14.3. The molecule has 0 aromatic heterocycles. The van der Waals surface area contributed by atoms with E-state index in [-0.39, 0.29) is 5.78 Å². The van der Waals surface area contributed by atoms with Gasteiger partial charge in [0, 0.05) is 18.9 Å². The Labute approximate surface area is 116 Å². The molecule has 0 atom stereocenters. The molecule has 0 radical (unpaired) electrons. The van der Waals surface area contributed by atoms with Gasteiger partial charge in [0.2, 0.25) is 0 Å². The van der Waals surface area contributed by atoms with E-state index in [1.165, 1.54) is 38.2 Å². The lowest BCUT2D eigenvalue weighted by atomic mass is 10.1. The second kappa shape index (κ2) is 13.1. The smallest absolute Gasteiger partial charge is 0.328 e. The Kier molecular flexibility index (Phi) is 12.1. The summed E-state index contributed by atoms with van der Waals surface area (Å²) in [4.78, 5) is 21.7. The Morgan fingerprint density at radius 3 is 2.21 bits per heavy atom. The van der Waals surface area contributed by atoms with Crippen molar-refractivity contribution in [1.82, 2.24) is 0 Å². The van der Waals surface area contributed by atoms with Crippen LogP contribution in [-0.4, -0.2) is 16.9 Å². The maximum Gasteiger partial charge on any atom is 0.328 e. The van der Waals surface area contributed by atoms with Crippen LogP contribution < -0.4 is 0 Å². The number of hydrogen-bond donors (Lipinski definition) is 1. The molecule has 3 nitrogen and oxygen atoms in total. The van der Waals surface area contributed by atoms with Crippen LogP contribution in [0.15, 0.2) is 24.3 Å². The van der Waals surface area contributed by atoms with Crippen LogP contribution in [0.3, 0.4) is 0 Å². The van der Waals surface area contributed by atoms with Gasteiger partial charge in [-0.15, -0.1) is 0 Å². The number of carboxylic acids is 1. The first kappa shape index (κ1) is 17.6. The van der Waals surface area contributed by atoms with Crippen molar-refractivity contribution in [3.8, 4) is 0 Å². The minimum Gasteiger partial charge on any atom is -0.478 e. The monoisotopic (exact) mass is 266 g/mol. The van der Waals surface area contributed by atoms with Crippen molar-refractivity contribution in [2.45, 2.75) is 64.7 Å². The molecule has 0 unspecified atom stereocenters. The highest BCUT2D eigenvalue weighted by Gasteiger charge is 1.98. The predicted molar refractivity (Wildman–Crippen MR) is 78.1 cm³/mol. The lowest BCUT2D eigenvalue weighted by molar-refractivity contribution is -0.131. The van der Waals surface area contributed by atoms with Gasteiger partial charge in [0.15, 0.2) is 0 Å². The molecule has 0 saturated carbocycles. The normalized spacial score (nSPS) is 11.4. The summed E-state index contributed by atoms with van der Waals surface area (Å²) in [6.45, 7) is 2.21. The summed E-state index contributed by atoms with van der Waals surface area (Å²) in [6.07, 6.45) is 15.4. The van der Waals surface area contributed by atoms with Crippen LogP contribution in [-0.2, 0) is 9.59 Å². The van der Waals surface area contributed by atoms with Crippen molar-refractivity contribution in [3.63, 3.8) is 0 Å². The Balaban J connectivity index is 3.42. The fourth-order valence-electron chi connectivity index (χ4n) is 1.80. The SMILES string of the molecule is CCCCCCCCCC(=O)CC=CC=CC(=O)O. The van der Waals surface area contributed by atoms with Gasteiger partial charge in [-0.3, -0.25) is 4.79 Å². The molecule has 0 aliphatic rings. The van der Waals surface area contributed by atoms with Crippen LogP contribution in [0.25, 0.3) is 0 Å². The Morgan fingerprint density at radius 1 is 0.947 bits per heavy atom. The maximum absolute atomic E-state index is 11.5. The van der Waals surface area contributed by atoms with E-state index in [9.17, 15) is 9.59 Å². The molecule has 0 spiro atoms.